The third-order valence-corrected chi connectivity index (χ3v) is 4.71. The molecule has 9 heteroatoms. The Labute approximate surface area is 163 Å². The number of hydrogen-bond acceptors (Lipinski definition) is 8. The highest BCUT2D eigenvalue weighted by molar-refractivity contribution is 5.97. The fourth-order valence-corrected chi connectivity index (χ4v) is 3.45. The minimum absolute atomic E-state index is 0.00650. The Morgan fingerprint density at radius 3 is 2.82 bits per heavy atom. The van der Waals surface area contributed by atoms with Crippen LogP contribution in [0.3, 0.4) is 0 Å². The van der Waals surface area contributed by atoms with Crippen LogP contribution in [0.15, 0.2) is 18.2 Å². The van der Waals surface area contributed by atoms with Crippen LogP contribution in [0, 0.1) is 0 Å². The Balaban J connectivity index is 1.81. The monoisotopic (exact) mass is 383 g/mol. The van der Waals surface area contributed by atoms with Gasteiger partial charge in [-0.25, -0.2) is 4.98 Å². The molecule has 0 bridgehead atoms. The van der Waals surface area contributed by atoms with Crippen molar-refractivity contribution in [2.75, 3.05) is 36.1 Å². The Hall–Kier alpha value is -3.07. The lowest BCUT2D eigenvalue weighted by atomic mass is 10.1. The van der Waals surface area contributed by atoms with E-state index in [1.165, 1.54) is 0 Å². The quantitative estimate of drug-likeness (QED) is 0.625. The Bertz CT molecular complexity index is 1000. The van der Waals surface area contributed by atoms with Crippen molar-refractivity contribution < 1.29 is 9.47 Å². The SMILES string of the molecule is CC(C)Oc1cc(-c2cc(N3CCOCC3C)nc(N)n2)cc2[nH]nc(N)c12. The molecule has 1 atom stereocenters. The van der Waals surface area contributed by atoms with Crippen LogP contribution in [0.25, 0.3) is 22.2 Å². The number of rotatable bonds is 4. The average Bonchev–Trinajstić information content (AvgIpc) is 3.02. The Kier molecular flexibility index (Phi) is 4.68. The number of ether oxygens (including phenoxy) is 2. The van der Waals surface area contributed by atoms with Gasteiger partial charge < -0.3 is 25.8 Å². The number of morpholine rings is 1. The molecule has 1 aromatic carbocycles. The fraction of sp³-hybridized carbons (Fsp3) is 0.421. The number of benzene rings is 1. The third-order valence-electron chi connectivity index (χ3n) is 4.71. The molecule has 1 aliphatic heterocycles. The van der Waals surface area contributed by atoms with Crippen molar-refractivity contribution in [3.8, 4) is 17.0 Å². The highest BCUT2D eigenvalue weighted by Crippen LogP contribution is 2.35. The number of aromatic amines is 1. The van der Waals surface area contributed by atoms with Gasteiger partial charge in [0.1, 0.15) is 11.6 Å². The summed E-state index contributed by atoms with van der Waals surface area (Å²) in [6, 6.07) is 6.02. The summed E-state index contributed by atoms with van der Waals surface area (Å²) in [4.78, 5) is 11.1. The van der Waals surface area contributed by atoms with E-state index in [2.05, 4.69) is 32.0 Å². The van der Waals surface area contributed by atoms with Crippen molar-refractivity contribution in [1.82, 2.24) is 20.2 Å². The summed E-state index contributed by atoms with van der Waals surface area (Å²) in [5.74, 6) is 2.07. The Morgan fingerprint density at radius 1 is 1.25 bits per heavy atom. The number of anilines is 3. The van der Waals surface area contributed by atoms with Crippen molar-refractivity contribution in [3.63, 3.8) is 0 Å². The van der Waals surface area contributed by atoms with Crippen LogP contribution >= 0.6 is 0 Å². The van der Waals surface area contributed by atoms with Crippen LogP contribution in [-0.2, 0) is 4.74 Å². The summed E-state index contributed by atoms with van der Waals surface area (Å²) in [6.07, 6.45) is -0.00650. The number of nitrogens with one attached hydrogen (secondary N) is 1. The molecule has 1 aliphatic rings. The fourth-order valence-electron chi connectivity index (χ4n) is 3.45. The molecule has 5 N–H and O–H groups in total. The average molecular weight is 383 g/mol. The molecule has 2 aromatic heterocycles. The number of nitrogens with two attached hydrogens (primary N) is 2. The maximum Gasteiger partial charge on any atom is 0.222 e. The number of aromatic nitrogens is 4. The lowest BCUT2D eigenvalue weighted by molar-refractivity contribution is 0.0985. The van der Waals surface area contributed by atoms with Gasteiger partial charge in [0.05, 0.1) is 42.0 Å². The summed E-state index contributed by atoms with van der Waals surface area (Å²) < 4.78 is 11.5. The Morgan fingerprint density at radius 2 is 2.07 bits per heavy atom. The summed E-state index contributed by atoms with van der Waals surface area (Å²) in [6.45, 7) is 8.12. The van der Waals surface area contributed by atoms with E-state index in [0.29, 0.717) is 30.5 Å². The van der Waals surface area contributed by atoms with E-state index in [1.807, 2.05) is 32.0 Å². The summed E-state index contributed by atoms with van der Waals surface area (Å²) in [7, 11) is 0. The van der Waals surface area contributed by atoms with Crippen LogP contribution in [0.2, 0.25) is 0 Å². The van der Waals surface area contributed by atoms with Gasteiger partial charge in [0.15, 0.2) is 5.82 Å². The van der Waals surface area contributed by atoms with E-state index in [1.54, 1.807) is 0 Å². The molecular formula is C19H25N7O2. The summed E-state index contributed by atoms with van der Waals surface area (Å²) in [5, 5.41) is 7.83. The lowest BCUT2D eigenvalue weighted by Crippen LogP contribution is -2.44. The molecular weight excluding hydrogens is 358 g/mol. The third kappa shape index (κ3) is 3.40. The maximum atomic E-state index is 6.03. The second-order valence-corrected chi connectivity index (χ2v) is 7.26. The maximum absolute atomic E-state index is 6.03. The topological polar surface area (TPSA) is 128 Å². The minimum atomic E-state index is -0.00650. The normalized spacial score (nSPS) is 17.4. The first-order valence-electron chi connectivity index (χ1n) is 9.36. The van der Waals surface area contributed by atoms with Crippen molar-refractivity contribution in [2.45, 2.75) is 32.9 Å². The predicted octanol–water partition coefficient (Wildman–Crippen LogP) is 2.20. The van der Waals surface area contributed by atoms with Gasteiger partial charge in [-0.1, -0.05) is 0 Å². The van der Waals surface area contributed by atoms with E-state index in [-0.39, 0.29) is 18.1 Å². The van der Waals surface area contributed by atoms with E-state index < -0.39 is 0 Å². The van der Waals surface area contributed by atoms with Crippen LogP contribution in [0.4, 0.5) is 17.6 Å². The van der Waals surface area contributed by atoms with Gasteiger partial charge >= 0.3 is 0 Å². The van der Waals surface area contributed by atoms with Crippen molar-refractivity contribution in [1.29, 1.82) is 0 Å². The molecule has 4 rings (SSSR count). The number of fused-ring (bicyclic) bond motifs is 1. The molecule has 1 fully saturated rings. The van der Waals surface area contributed by atoms with Crippen LogP contribution in [0.5, 0.6) is 5.75 Å². The molecule has 0 aliphatic carbocycles. The largest absolute Gasteiger partial charge is 0.490 e. The van der Waals surface area contributed by atoms with E-state index >= 15 is 0 Å². The number of H-pyrrole nitrogens is 1. The zero-order valence-corrected chi connectivity index (χ0v) is 16.3. The molecule has 148 valence electrons. The van der Waals surface area contributed by atoms with Crippen molar-refractivity contribution in [2.24, 2.45) is 0 Å². The highest BCUT2D eigenvalue weighted by Gasteiger charge is 2.22. The van der Waals surface area contributed by atoms with Crippen LogP contribution in [-0.4, -0.2) is 52.1 Å². The minimum Gasteiger partial charge on any atom is -0.490 e. The number of nitrogens with zero attached hydrogens (tertiary/aromatic N) is 4. The zero-order chi connectivity index (χ0) is 19.8. The molecule has 9 nitrogen and oxygen atoms in total. The molecule has 0 spiro atoms. The van der Waals surface area contributed by atoms with E-state index in [0.717, 1.165) is 28.8 Å². The molecule has 0 saturated carbocycles. The lowest BCUT2D eigenvalue weighted by Gasteiger charge is -2.34. The number of nitrogen functional groups attached to an aromatic ring is 2. The van der Waals surface area contributed by atoms with Crippen LogP contribution in [0.1, 0.15) is 20.8 Å². The second-order valence-electron chi connectivity index (χ2n) is 7.26. The van der Waals surface area contributed by atoms with E-state index in [4.69, 9.17) is 20.9 Å². The zero-order valence-electron chi connectivity index (χ0n) is 16.3. The van der Waals surface area contributed by atoms with Gasteiger partial charge in [0.25, 0.3) is 0 Å². The first kappa shape index (κ1) is 18.3. The number of hydrogen-bond donors (Lipinski definition) is 3. The van der Waals surface area contributed by atoms with Crippen LogP contribution < -0.4 is 21.1 Å². The molecule has 3 aromatic rings. The molecule has 0 amide bonds. The van der Waals surface area contributed by atoms with Crippen molar-refractivity contribution in [3.05, 3.63) is 18.2 Å². The van der Waals surface area contributed by atoms with Gasteiger partial charge in [0, 0.05) is 18.2 Å². The van der Waals surface area contributed by atoms with Crippen molar-refractivity contribution >= 4 is 28.5 Å². The predicted molar refractivity (Wildman–Crippen MR) is 109 cm³/mol. The van der Waals surface area contributed by atoms with Gasteiger partial charge in [-0.2, -0.15) is 10.1 Å². The molecule has 28 heavy (non-hydrogen) atoms. The van der Waals surface area contributed by atoms with Gasteiger partial charge in [-0.3, -0.25) is 5.10 Å². The van der Waals surface area contributed by atoms with Gasteiger partial charge in [0.2, 0.25) is 5.95 Å². The smallest absolute Gasteiger partial charge is 0.222 e. The molecule has 1 saturated heterocycles. The summed E-state index contributed by atoms with van der Waals surface area (Å²) >= 11 is 0. The summed E-state index contributed by atoms with van der Waals surface area (Å²) in [5.41, 5.74) is 14.4. The molecule has 1 unspecified atom stereocenters. The standard InChI is InChI=1S/C19H25N7O2/c1-10(2)28-15-7-12(6-14-17(15)18(20)25-24-14)13-8-16(23-19(21)22-13)26-4-5-27-9-11(26)3/h6-8,10-11H,4-5,9H2,1-3H3,(H3,20,24,25)(H2,21,22,23). The van der Waals surface area contributed by atoms with Gasteiger partial charge in [-0.05, 0) is 32.9 Å². The first-order valence-corrected chi connectivity index (χ1v) is 9.36. The second kappa shape index (κ2) is 7.16. The highest BCUT2D eigenvalue weighted by atomic mass is 16.5. The molecule has 0 radical (unpaired) electrons. The first-order chi connectivity index (χ1) is 13.4. The molecule has 3 heterocycles. The van der Waals surface area contributed by atoms with Gasteiger partial charge in [-0.15, -0.1) is 0 Å². The van der Waals surface area contributed by atoms with E-state index in [9.17, 15) is 0 Å².